The summed E-state index contributed by atoms with van der Waals surface area (Å²) in [4.78, 5) is 23.2. The molecule has 1 N–H and O–H groups in total. The Hall–Kier alpha value is -3.53. The number of nitrogens with one attached hydrogen (secondary N) is 1. The molecule has 0 aliphatic heterocycles. The van der Waals surface area contributed by atoms with Gasteiger partial charge in [-0.05, 0) is 50.3 Å². The highest BCUT2D eigenvalue weighted by atomic mass is 16.1. The lowest BCUT2D eigenvalue weighted by Crippen LogP contribution is -2.43. The standard InChI is InChI=1S/C31H33N3O/c1-19-8-12-23(13-9-19)29-30(24-14-10-20(2)11-15-24)33-28-18-25(16-17-27(28)32-29)31(35)34-26-7-5-6-21(3)22(26)4/h8-18,21-22,26H,5-7H2,1-4H3,(H,34,35)/t21-,22-,26+/m0/s1. The molecule has 0 saturated heterocycles. The summed E-state index contributed by atoms with van der Waals surface area (Å²) in [6, 6.07) is 22.6. The van der Waals surface area contributed by atoms with Gasteiger partial charge < -0.3 is 5.32 Å². The first-order valence-electron chi connectivity index (χ1n) is 12.7. The Kier molecular flexibility index (Phi) is 6.38. The fourth-order valence-electron chi connectivity index (χ4n) is 5.06. The van der Waals surface area contributed by atoms with Crippen molar-refractivity contribution in [3.63, 3.8) is 0 Å². The molecule has 0 bridgehead atoms. The van der Waals surface area contributed by atoms with E-state index in [4.69, 9.17) is 9.97 Å². The van der Waals surface area contributed by atoms with Gasteiger partial charge in [-0.1, -0.05) is 86.3 Å². The van der Waals surface area contributed by atoms with E-state index < -0.39 is 0 Å². The molecule has 5 rings (SSSR count). The molecule has 178 valence electrons. The quantitative estimate of drug-likeness (QED) is 0.350. The normalized spacial score (nSPS) is 20.1. The second-order valence-corrected chi connectivity index (χ2v) is 10.2. The van der Waals surface area contributed by atoms with Gasteiger partial charge in [-0.15, -0.1) is 0 Å². The topological polar surface area (TPSA) is 54.9 Å². The first-order chi connectivity index (χ1) is 16.9. The Balaban J connectivity index is 1.55. The van der Waals surface area contributed by atoms with Crippen LogP contribution in [0, 0.1) is 25.7 Å². The molecule has 3 aromatic carbocycles. The van der Waals surface area contributed by atoms with Crippen molar-refractivity contribution in [3.05, 3.63) is 83.4 Å². The minimum atomic E-state index is -0.0286. The number of nitrogens with zero attached hydrogens (tertiary/aromatic N) is 2. The maximum absolute atomic E-state index is 13.2. The number of benzene rings is 3. The number of amides is 1. The number of aryl methyl sites for hydroxylation is 2. The van der Waals surface area contributed by atoms with Crippen LogP contribution in [0.3, 0.4) is 0 Å². The van der Waals surface area contributed by atoms with Crippen LogP contribution in [0.25, 0.3) is 33.5 Å². The van der Waals surface area contributed by atoms with E-state index in [1.165, 1.54) is 24.0 Å². The Morgan fingerprint density at radius 2 is 1.34 bits per heavy atom. The van der Waals surface area contributed by atoms with Crippen LogP contribution in [0.2, 0.25) is 0 Å². The van der Waals surface area contributed by atoms with E-state index in [0.717, 1.165) is 40.0 Å². The monoisotopic (exact) mass is 463 g/mol. The van der Waals surface area contributed by atoms with Crippen LogP contribution >= 0.6 is 0 Å². The van der Waals surface area contributed by atoms with Gasteiger partial charge in [0, 0.05) is 22.7 Å². The largest absolute Gasteiger partial charge is 0.349 e. The van der Waals surface area contributed by atoms with Gasteiger partial charge >= 0.3 is 0 Å². The average Bonchev–Trinajstić information content (AvgIpc) is 2.86. The van der Waals surface area contributed by atoms with Gasteiger partial charge in [0.25, 0.3) is 5.91 Å². The van der Waals surface area contributed by atoms with E-state index in [1.54, 1.807) is 0 Å². The zero-order chi connectivity index (χ0) is 24.5. The van der Waals surface area contributed by atoms with Crippen molar-refractivity contribution in [2.24, 2.45) is 11.8 Å². The Labute approximate surface area is 207 Å². The molecule has 3 atom stereocenters. The highest BCUT2D eigenvalue weighted by Gasteiger charge is 2.28. The van der Waals surface area contributed by atoms with Gasteiger partial charge in [0.05, 0.1) is 22.4 Å². The van der Waals surface area contributed by atoms with Crippen LogP contribution in [-0.4, -0.2) is 21.9 Å². The molecule has 35 heavy (non-hydrogen) atoms. The molecule has 1 amide bonds. The van der Waals surface area contributed by atoms with Crippen molar-refractivity contribution >= 4 is 16.9 Å². The fraction of sp³-hybridized carbons (Fsp3) is 0.323. The number of carbonyl (C=O) groups is 1. The van der Waals surface area contributed by atoms with Crippen LogP contribution < -0.4 is 5.32 Å². The van der Waals surface area contributed by atoms with Crippen molar-refractivity contribution in [3.8, 4) is 22.5 Å². The SMILES string of the molecule is Cc1ccc(-c2nc3ccc(C(=O)N[C@@H]4CCC[C@H](C)[C@@H]4C)cc3nc2-c2ccc(C)cc2)cc1. The zero-order valence-corrected chi connectivity index (χ0v) is 21.0. The maximum atomic E-state index is 13.2. The van der Waals surface area contributed by atoms with E-state index in [0.29, 0.717) is 17.4 Å². The minimum absolute atomic E-state index is 0.0286. The summed E-state index contributed by atoms with van der Waals surface area (Å²) < 4.78 is 0. The molecule has 1 aromatic heterocycles. The van der Waals surface area contributed by atoms with E-state index in [-0.39, 0.29) is 11.9 Å². The average molecular weight is 464 g/mol. The van der Waals surface area contributed by atoms with Crippen molar-refractivity contribution in [2.75, 3.05) is 0 Å². The molecule has 4 heteroatoms. The highest BCUT2D eigenvalue weighted by Crippen LogP contribution is 2.32. The number of carbonyl (C=O) groups excluding carboxylic acids is 1. The number of aromatic nitrogens is 2. The van der Waals surface area contributed by atoms with Gasteiger partial charge in [0.15, 0.2) is 0 Å². The van der Waals surface area contributed by atoms with Crippen molar-refractivity contribution in [1.82, 2.24) is 15.3 Å². The first-order valence-corrected chi connectivity index (χ1v) is 12.7. The van der Waals surface area contributed by atoms with Crippen molar-refractivity contribution in [1.29, 1.82) is 0 Å². The summed E-state index contributed by atoms with van der Waals surface area (Å²) >= 11 is 0. The molecular formula is C31H33N3O. The molecule has 1 fully saturated rings. The smallest absolute Gasteiger partial charge is 0.251 e. The van der Waals surface area contributed by atoms with Gasteiger partial charge in [-0.25, -0.2) is 9.97 Å². The molecule has 1 heterocycles. The molecule has 1 aliphatic carbocycles. The Morgan fingerprint density at radius 1 is 0.771 bits per heavy atom. The number of rotatable bonds is 4. The lowest BCUT2D eigenvalue weighted by atomic mass is 9.78. The third-order valence-corrected chi connectivity index (χ3v) is 7.60. The van der Waals surface area contributed by atoms with Crippen LogP contribution in [0.5, 0.6) is 0 Å². The van der Waals surface area contributed by atoms with Crippen LogP contribution in [0.15, 0.2) is 66.7 Å². The maximum Gasteiger partial charge on any atom is 0.251 e. The summed E-state index contributed by atoms with van der Waals surface area (Å²) in [6.45, 7) is 8.70. The van der Waals surface area contributed by atoms with Gasteiger partial charge in [-0.3, -0.25) is 4.79 Å². The molecule has 0 radical (unpaired) electrons. The molecule has 4 aromatic rings. The predicted octanol–water partition coefficient (Wildman–Crippen LogP) is 7.14. The van der Waals surface area contributed by atoms with Gasteiger partial charge in [0.1, 0.15) is 0 Å². The molecule has 1 aliphatic rings. The van der Waals surface area contributed by atoms with E-state index in [9.17, 15) is 4.79 Å². The second kappa shape index (κ2) is 9.61. The number of hydrogen-bond acceptors (Lipinski definition) is 3. The van der Waals surface area contributed by atoms with Crippen LogP contribution in [0.4, 0.5) is 0 Å². The lowest BCUT2D eigenvalue weighted by Gasteiger charge is -2.34. The van der Waals surface area contributed by atoms with E-state index >= 15 is 0 Å². The van der Waals surface area contributed by atoms with E-state index in [2.05, 4.69) is 81.5 Å². The third kappa shape index (κ3) is 4.84. The highest BCUT2D eigenvalue weighted by molar-refractivity contribution is 5.98. The lowest BCUT2D eigenvalue weighted by molar-refractivity contribution is 0.0891. The summed E-state index contributed by atoms with van der Waals surface area (Å²) in [7, 11) is 0. The molecule has 1 saturated carbocycles. The van der Waals surface area contributed by atoms with Gasteiger partial charge in [0.2, 0.25) is 0 Å². The number of hydrogen-bond donors (Lipinski definition) is 1. The summed E-state index contributed by atoms with van der Waals surface area (Å²) in [5.74, 6) is 1.09. The van der Waals surface area contributed by atoms with Crippen LogP contribution in [0.1, 0.15) is 54.6 Å². The Morgan fingerprint density at radius 3 is 1.94 bits per heavy atom. The molecule has 0 unspecified atom stereocenters. The predicted molar refractivity (Wildman–Crippen MR) is 143 cm³/mol. The first kappa shape index (κ1) is 23.2. The Bertz CT molecular complexity index is 1360. The van der Waals surface area contributed by atoms with Crippen LogP contribution in [-0.2, 0) is 0 Å². The van der Waals surface area contributed by atoms with Gasteiger partial charge in [-0.2, -0.15) is 0 Å². The third-order valence-electron chi connectivity index (χ3n) is 7.60. The summed E-state index contributed by atoms with van der Waals surface area (Å²) in [5.41, 5.74) is 8.28. The minimum Gasteiger partial charge on any atom is -0.349 e. The fourth-order valence-corrected chi connectivity index (χ4v) is 5.06. The summed E-state index contributed by atoms with van der Waals surface area (Å²) in [5, 5.41) is 3.29. The second-order valence-electron chi connectivity index (χ2n) is 10.2. The number of fused-ring (bicyclic) bond motifs is 1. The molecule has 0 spiro atoms. The zero-order valence-electron chi connectivity index (χ0n) is 21.0. The van der Waals surface area contributed by atoms with E-state index in [1.807, 2.05) is 18.2 Å². The summed E-state index contributed by atoms with van der Waals surface area (Å²) in [6.07, 6.45) is 3.45. The van der Waals surface area contributed by atoms with Crippen molar-refractivity contribution in [2.45, 2.75) is 53.0 Å². The molecule has 4 nitrogen and oxygen atoms in total. The van der Waals surface area contributed by atoms with Crippen molar-refractivity contribution < 1.29 is 4.79 Å². The molecular weight excluding hydrogens is 430 g/mol.